The molecule has 0 fully saturated rings. The fourth-order valence-electron chi connectivity index (χ4n) is 3.70. The highest BCUT2D eigenvalue weighted by Crippen LogP contribution is 2.25. The number of hydrogen-bond donors (Lipinski definition) is 1. The Hall–Kier alpha value is -3.34. The third-order valence-corrected chi connectivity index (χ3v) is 5.51. The van der Waals surface area contributed by atoms with Crippen LogP contribution in [0.2, 0.25) is 0 Å². The summed E-state index contributed by atoms with van der Waals surface area (Å²) in [6.07, 6.45) is 4.71. The predicted octanol–water partition coefficient (Wildman–Crippen LogP) is 4.71. The van der Waals surface area contributed by atoms with E-state index in [4.69, 9.17) is 4.42 Å². The van der Waals surface area contributed by atoms with Crippen LogP contribution in [0.1, 0.15) is 37.0 Å². The zero-order valence-corrected chi connectivity index (χ0v) is 18.5. The normalized spacial score (nSPS) is 11.2. The van der Waals surface area contributed by atoms with Crippen molar-refractivity contribution in [3.8, 4) is 0 Å². The van der Waals surface area contributed by atoms with E-state index >= 15 is 0 Å². The van der Waals surface area contributed by atoms with Gasteiger partial charge in [-0.25, -0.2) is 4.79 Å². The lowest BCUT2D eigenvalue weighted by Gasteiger charge is -2.21. The summed E-state index contributed by atoms with van der Waals surface area (Å²) >= 11 is 0. The molecule has 0 spiro atoms. The minimum atomic E-state index is -0.435. The fraction of sp³-hybridized carbons (Fsp3) is 0.308. The Kier molecular flexibility index (Phi) is 7.65. The summed E-state index contributed by atoms with van der Waals surface area (Å²) in [6.45, 7) is 8.41. The van der Waals surface area contributed by atoms with Gasteiger partial charge in [0.2, 0.25) is 5.91 Å². The Morgan fingerprint density at radius 1 is 1.10 bits per heavy atom. The van der Waals surface area contributed by atoms with Crippen molar-refractivity contribution in [1.82, 2.24) is 5.32 Å². The number of nitrogens with zero attached hydrogens (tertiary/aromatic N) is 1. The first-order valence-electron chi connectivity index (χ1n) is 10.9. The molecule has 0 aliphatic carbocycles. The molecular weight excluding hydrogens is 388 g/mol. The summed E-state index contributed by atoms with van der Waals surface area (Å²) in [5.41, 5.74) is 3.62. The van der Waals surface area contributed by atoms with Crippen LogP contribution in [-0.4, -0.2) is 25.5 Å². The SMILES string of the molecule is CCN(CC)c1ccc2c(C)c(/C=C/C(=O)NCCCc3ccccc3)c(=O)oc2c1. The van der Waals surface area contributed by atoms with E-state index in [2.05, 4.69) is 36.2 Å². The van der Waals surface area contributed by atoms with Crippen LogP contribution >= 0.6 is 0 Å². The molecule has 0 unspecified atom stereocenters. The van der Waals surface area contributed by atoms with E-state index in [-0.39, 0.29) is 5.91 Å². The maximum atomic E-state index is 12.5. The second-order valence-corrected chi connectivity index (χ2v) is 7.49. The number of benzene rings is 2. The van der Waals surface area contributed by atoms with Crippen LogP contribution in [0, 0.1) is 6.92 Å². The topological polar surface area (TPSA) is 62.6 Å². The lowest BCUT2D eigenvalue weighted by atomic mass is 10.0. The van der Waals surface area contributed by atoms with Gasteiger partial charge in [-0.2, -0.15) is 0 Å². The number of hydrogen-bond acceptors (Lipinski definition) is 4. The molecule has 5 heteroatoms. The second kappa shape index (κ2) is 10.6. The number of amides is 1. The first-order chi connectivity index (χ1) is 15.0. The smallest absolute Gasteiger partial charge is 0.343 e. The molecule has 1 heterocycles. The van der Waals surface area contributed by atoms with Crippen LogP contribution in [0.4, 0.5) is 5.69 Å². The van der Waals surface area contributed by atoms with Crippen LogP contribution in [0.5, 0.6) is 0 Å². The van der Waals surface area contributed by atoms with E-state index < -0.39 is 5.63 Å². The quantitative estimate of drug-likeness (QED) is 0.311. The summed E-state index contributed by atoms with van der Waals surface area (Å²) in [5.74, 6) is -0.219. The maximum absolute atomic E-state index is 12.5. The number of nitrogens with one attached hydrogen (secondary N) is 1. The monoisotopic (exact) mass is 418 g/mol. The number of fused-ring (bicyclic) bond motifs is 1. The number of anilines is 1. The average Bonchev–Trinajstić information content (AvgIpc) is 2.78. The van der Waals surface area contributed by atoms with Crippen molar-refractivity contribution < 1.29 is 9.21 Å². The van der Waals surface area contributed by atoms with Crippen molar-refractivity contribution in [3.63, 3.8) is 0 Å². The molecule has 3 rings (SSSR count). The van der Waals surface area contributed by atoms with E-state index in [9.17, 15) is 9.59 Å². The highest BCUT2D eigenvalue weighted by atomic mass is 16.4. The van der Waals surface area contributed by atoms with Crippen LogP contribution in [-0.2, 0) is 11.2 Å². The Labute approximate surface area is 183 Å². The lowest BCUT2D eigenvalue weighted by Crippen LogP contribution is -2.22. The van der Waals surface area contributed by atoms with Gasteiger partial charge in [-0.3, -0.25) is 4.79 Å². The molecule has 0 saturated heterocycles. The molecule has 0 bridgehead atoms. The molecule has 0 atom stereocenters. The molecule has 31 heavy (non-hydrogen) atoms. The van der Waals surface area contributed by atoms with Crippen molar-refractivity contribution >= 4 is 28.6 Å². The summed E-state index contributed by atoms with van der Waals surface area (Å²) in [4.78, 5) is 26.9. The molecular formula is C26H30N2O3. The van der Waals surface area contributed by atoms with Gasteiger partial charge in [-0.05, 0) is 62.9 Å². The Bertz CT molecular complexity index is 1110. The van der Waals surface area contributed by atoms with Crippen molar-refractivity contribution in [1.29, 1.82) is 0 Å². The van der Waals surface area contributed by atoms with Crippen molar-refractivity contribution in [2.45, 2.75) is 33.6 Å². The highest BCUT2D eigenvalue weighted by Gasteiger charge is 2.11. The average molecular weight is 419 g/mol. The molecule has 5 nitrogen and oxygen atoms in total. The minimum absolute atomic E-state index is 0.219. The summed E-state index contributed by atoms with van der Waals surface area (Å²) in [6, 6.07) is 16.1. The third-order valence-electron chi connectivity index (χ3n) is 5.51. The Balaban J connectivity index is 1.67. The fourth-order valence-corrected chi connectivity index (χ4v) is 3.70. The zero-order valence-electron chi connectivity index (χ0n) is 18.5. The van der Waals surface area contributed by atoms with E-state index in [0.717, 1.165) is 42.6 Å². The van der Waals surface area contributed by atoms with Gasteiger partial charge in [0.25, 0.3) is 0 Å². The molecule has 1 aromatic heterocycles. The number of rotatable bonds is 9. The molecule has 2 aromatic carbocycles. The predicted molar refractivity (Wildman–Crippen MR) is 128 cm³/mol. The maximum Gasteiger partial charge on any atom is 0.343 e. The molecule has 0 saturated carbocycles. The molecule has 0 radical (unpaired) electrons. The molecule has 162 valence electrons. The summed E-state index contributed by atoms with van der Waals surface area (Å²) in [5, 5.41) is 3.74. The van der Waals surface area contributed by atoms with Crippen LogP contribution < -0.4 is 15.8 Å². The Morgan fingerprint density at radius 3 is 2.55 bits per heavy atom. The Morgan fingerprint density at radius 2 is 1.84 bits per heavy atom. The van der Waals surface area contributed by atoms with Gasteiger partial charge in [0, 0.05) is 42.9 Å². The van der Waals surface area contributed by atoms with Crippen LogP contribution in [0.3, 0.4) is 0 Å². The van der Waals surface area contributed by atoms with E-state index in [1.165, 1.54) is 11.6 Å². The summed E-state index contributed by atoms with van der Waals surface area (Å²) < 4.78 is 5.57. The number of aryl methyl sites for hydroxylation is 2. The van der Waals surface area contributed by atoms with Gasteiger partial charge in [0.1, 0.15) is 5.58 Å². The van der Waals surface area contributed by atoms with E-state index in [1.807, 2.05) is 43.3 Å². The van der Waals surface area contributed by atoms with E-state index in [1.54, 1.807) is 6.08 Å². The number of carbonyl (C=O) groups is 1. The van der Waals surface area contributed by atoms with Gasteiger partial charge in [0.05, 0.1) is 5.56 Å². The second-order valence-electron chi connectivity index (χ2n) is 7.49. The van der Waals surface area contributed by atoms with Crippen molar-refractivity contribution in [3.05, 3.63) is 81.7 Å². The third kappa shape index (κ3) is 5.63. The summed E-state index contributed by atoms with van der Waals surface area (Å²) in [7, 11) is 0. The standard InChI is InChI=1S/C26H30N2O3/c1-4-28(5-2)21-13-14-22-19(3)23(26(30)31-24(22)18-21)15-16-25(29)27-17-9-12-20-10-7-6-8-11-20/h6-8,10-11,13-16,18H,4-5,9,12,17H2,1-3H3,(H,27,29)/b16-15+. The highest BCUT2D eigenvalue weighted by molar-refractivity contribution is 5.93. The minimum Gasteiger partial charge on any atom is -0.422 e. The van der Waals surface area contributed by atoms with Crippen molar-refractivity contribution in [2.24, 2.45) is 0 Å². The lowest BCUT2D eigenvalue weighted by molar-refractivity contribution is -0.116. The molecule has 0 aliphatic heterocycles. The largest absolute Gasteiger partial charge is 0.422 e. The van der Waals surface area contributed by atoms with Gasteiger partial charge >= 0.3 is 5.63 Å². The molecule has 3 aromatic rings. The van der Waals surface area contributed by atoms with Gasteiger partial charge in [0.15, 0.2) is 0 Å². The number of carbonyl (C=O) groups excluding carboxylic acids is 1. The zero-order chi connectivity index (χ0) is 22.2. The molecule has 0 aliphatic rings. The van der Waals surface area contributed by atoms with Crippen LogP contribution in [0.25, 0.3) is 17.0 Å². The van der Waals surface area contributed by atoms with Gasteiger partial charge in [-0.1, -0.05) is 30.3 Å². The van der Waals surface area contributed by atoms with Crippen molar-refractivity contribution in [2.75, 3.05) is 24.5 Å². The van der Waals surface area contributed by atoms with Crippen LogP contribution in [0.15, 0.2) is 63.8 Å². The molecule has 1 N–H and O–H groups in total. The van der Waals surface area contributed by atoms with E-state index in [0.29, 0.717) is 17.7 Å². The van der Waals surface area contributed by atoms with Gasteiger partial charge < -0.3 is 14.6 Å². The van der Waals surface area contributed by atoms with Gasteiger partial charge in [-0.15, -0.1) is 0 Å². The first kappa shape index (κ1) is 22.3. The first-order valence-corrected chi connectivity index (χ1v) is 10.9. The molecule has 1 amide bonds.